The topological polar surface area (TPSA) is 42.4 Å². The van der Waals surface area contributed by atoms with Crippen molar-refractivity contribution in [3.8, 4) is 11.1 Å². The maximum Gasteiger partial charge on any atom is 0.256 e. The van der Waals surface area contributed by atoms with Crippen LogP contribution in [-0.2, 0) is 17.6 Å². The molecule has 0 unspecified atom stereocenters. The third-order valence-corrected chi connectivity index (χ3v) is 7.04. The Labute approximate surface area is 169 Å². The fourth-order valence-corrected chi connectivity index (χ4v) is 5.80. The number of hydrogen-bond acceptors (Lipinski definition) is 4. The summed E-state index contributed by atoms with van der Waals surface area (Å²) in [5.74, 6) is 0.0878. The minimum Gasteiger partial charge on any atom is -0.378 e. The first-order chi connectivity index (χ1) is 13.7. The predicted molar refractivity (Wildman–Crippen MR) is 113 cm³/mol. The summed E-state index contributed by atoms with van der Waals surface area (Å²) in [4.78, 5) is 23.0. The lowest BCUT2D eigenvalue weighted by Gasteiger charge is -2.28. The number of pyridine rings is 1. The second kappa shape index (κ2) is 7.30. The number of aryl methyl sites for hydroxylation is 3. The molecule has 1 aliphatic heterocycles. The lowest BCUT2D eigenvalue weighted by atomic mass is 9.89. The van der Waals surface area contributed by atoms with E-state index < -0.39 is 0 Å². The Bertz CT molecular complexity index is 1040. The van der Waals surface area contributed by atoms with Crippen LogP contribution >= 0.6 is 11.3 Å². The molecule has 1 aliphatic carbocycles. The van der Waals surface area contributed by atoms with Gasteiger partial charge in [-0.15, -0.1) is 11.3 Å². The molecule has 0 bridgehead atoms. The number of thiophene rings is 1. The van der Waals surface area contributed by atoms with Gasteiger partial charge in [0.05, 0.1) is 24.5 Å². The van der Waals surface area contributed by atoms with Crippen molar-refractivity contribution < 1.29 is 9.53 Å². The van der Waals surface area contributed by atoms with Gasteiger partial charge in [0.2, 0.25) is 0 Å². The molecule has 3 aromatic rings. The molecule has 2 aliphatic rings. The Morgan fingerprint density at radius 2 is 1.86 bits per heavy atom. The Hall–Kier alpha value is -2.24. The van der Waals surface area contributed by atoms with Crippen LogP contribution in [0.25, 0.3) is 21.3 Å². The Balaban J connectivity index is 1.79. The molecule has 0 atom stereocenters. The van der Waals surface area contributed by atoms with Crippen molar-refractivity contribution in [1.82, 2.24) is 9.88 Å². The summed E-state index contributed by atoms with van der Waals surface area (Å²) < 4.78 is 5.46. The number of hydrogen-bond donors (Lipinski definition) is 0. The molecule has 144 valence electrons. The van der Waals surface area contributed by atoms with Crippen LogP contribution in [-0.4, -0.2) is 42.1 Å². The van der Waals surface area contributed by atoms with Crippen LogP contribution in [0, 0.1) is 6.92 Å². The van der Waals surface area contributed by atoms with E-state index in [1.165, 1.54) is 28.7 Å². The van der Waals surface area contributed by atoms with E-state index in [4.69, 9.17) is 9.72 Å². The van der Waals surface area contributed by atoms with Gasteiger partial charge in [-0.3, -0.25) is 4.79 Å². The first-order valence-electron chi connectivity index (χ1n) is 10.1. The van der Waals surface area contributed by atoms with E-state index >= 15 is 0 Å². The molecule has 3 heterocycles. The highest BCUT2D eigenvalue weighted by molar-refractivity contribution is 7.19. The van der Waals surface area contributed by atoms with Crippen LogP contribution in [0.4, 0.5) is 0 Å². The van der Waals surface area contributed by atoms with Crippen LogP contribution in [0.15, 0.2) is 30.3 Å². The van der Waals surface area contributed by atoms with Crippen LogP contribution in [0.5, 0.6) is 0 Å². The smallest absolute Gasteiger partial charge is 0.256 e. The maximum absolute atomic E-state index is 13.6. The van der Waals surface area contributed by atoms with Gasteiger partial charge in [-0.25, -0.2) is 4.98 Å². The largest absolute Gasteiger partial charge is 0.378 e. The second-order valence-electron chi connectivity index (χ2n) is 7.61. The van der Waals surface area contributed by atoms with Crippen molar-refractivity contribution >= 4 is 27.5 Å². The van der Waals surface area contributed by atoms with Crippen molar-refractivity contribution in [2.75, 3.05) is 26.3 Å². The summed E-state index contributed by atoms with van der Waals surface area (Å²) in [6, 6.07) is 10.4. The number of ether oxygens (including phenoxy) is 1. The third-order valence-electron chi connectivity index (χ3n) is 5.86. The molecule has 0 N–H and O–H groups in total. The molecule has 28 heavy (non-hydrogen) atoms. The van der Waals surface area contributed by atoms with Gasteiger partial charge in [0, 0.05) is 28.9 Å². The molecule has 0 radical (unpaired) electrons. The quantitative estimate of drug-likeness (QED) is 0.639. The van der Waals surface area contributed by atoms with Crippen molar-refractivity contribution in [2.24, 2.45) is 0 Å². The summed E-state index contributed by atoms with van der Waals surface area (Å²) in [7, 11) is 0. The molecule has 0 saturated carbocycles. The van der Waals surface area contributed by atoms with Crippen molar-refractivity contribution in [3.63, 3.8) is 0 Å². The first-order valence-corrected chi connectivity index (χ1v) is 10.9. The van der Waals surface area contributed by atoms with E-state index in [1.54, 1.807) is 0 Å². The highest BCUT2D eigenvalue weighted by Gasteiger charge is 2.29. The van der Waals surface area contributed by atoms with Crippen LogP contribution in [0.3, 0.4) is 0 Å². The molecule has 1 aromatic carbocycles. The summed E-state index contributed by atoms with van der Waals surface area (Å²) in [6.07, 6.45) is 4.69. The molecule has 4 nitrogen and oxygen atoms in total. The molecular weight excluding hydrogens is 368 g/mol. The van der Waals surface area contributed by atoms with Gasteiger partial charge in [0.1, 0.15) is 4.83 Å². The minimum absolute atomic E-state index is 0.0878. The molecule has 5 heteroatoms. The standard InChI is InChI=1S/C23H24N2O2S/c1-15-19(23(26)25-11-13-27-14-12-25)20(16-7-3-2-4-8-16)21-17-9-5-6-10-18(17)28-22(21)24-15/h2-4,7-8H,5-6,9-14H2,1H3. The monoisotopic (exact) mass is 392 g/mol. The summed E-state index contributed by atoms with van der Waals surface area (Å²) >= 11 is 1.82. The number of amides is 1. The zero-order valence-corrected chi connectivity index (χ0v) is 17.0. The minimum atomic E-state index is 0.0878. The van der Waals surface area contributed by atoms with Crippen LogP contribution < -0.4 is 0 Å². The number of aromatic nitrogens is 1. The van der Waals surface area contributed by atoms with Gasteiger partial charge in [-0.1, -0.05) is 30.3 Å². The average Bonchev–Trinajstić information content (AvgIpc) is 3.11. The summed E-state index contributed by atoms with van der Waals surface area (Å²) in [5, 5.41) is 1.22. The molecule has 1 saturated heterocycles. The molecular formula is C23H24N2O2S. The number of carbonyl (C=O) groups is 1. The number of fused-ring (bicyclic) bond motifs is 3. The van der Waals surface area contributed by atoms with E-state index in [9.17, 15) is 4.79 Å². The highest BCUT2D eigenvalue weighted by Crippen LogP contribution is 2.43. The summed E-state index contributed by atoms with van der Waals surface area (Å²) in [6.45, 7) is 4.49. The van der Waals surface area contributed by atoms with Crippen molar-refractivity contribution in [3.05, 3.63) is 52.0 Å². The van der Waals surface area contributed by atoms with Gasteiger partial charge in [-0.05, 0) is 43.7 Å². The second-order valence-corrected chi connectivity index (χ2v) is 8.69. The zero-order valence-electron chi connectivity index (χ0n) is 16.2. The highest BCUT2D eigenvalue weighted by atomic mass is 32.1. The van der Waals surface area contributed by atoms with Crippen LogP contribution in [0.1, 0.15) is 39.3 Å². The van der Waals surface area contributed by atoms with E-state index in [-0.39, 0.29) is 5.91 Å². The number of nitrogens with zero attached hydrogens (tertiary/aromatic N) is 2. The van der Waals surface area contributed by atoms with Gasteiger partial charge < -0.3 is 9.64 Å². The first kappa shape index (κ1) is 17.8. The SMILES string of the molecule is Cc1nc2sc3c(c2c(-c2ccccc2)c1C(=O)N1CCOCC1)CCCC3. The lowest BCUT2D eigenvalue weighted by Crippen LogP contribution is -2.41. The Morgan fingerprint density at radius 1 is 1.11 bits per heavy atom. The van der Waals surface area contributed by atoms with Crippen molar-refractivity contribution in [1.29, 1.82) is 0 Å². The predicted octanol–water partition coefficient (Wildman–Crippen LogP) is 4.62. The normalized spacial score (nSPS) is 17.0. The van der Waals surface area contributed by atoms with E-state index in [1.807, 2.05) is 29.2 Å². The molecule has 1 amide bonds. The molecule has 1 fully saturated rings. The summed E-state index contributed by atoms with van der Waals surface area (Å²) in [5.41, 5.74) is 5.22. The molecule has 0 spiro atoms. The third kappa shape index (κ3) is 2.93. The van der Waals surface area contributed by atoms with Gasteiger partial charge >= 0.3 is 0 Å². The van der Waals surface area contributed by atoms with Crippen molar-refractivity contribution in [2.45, 2.75) is 32.6 Å². The lowest BCUT2D eigenvalue weighted by molar-refractivity contribution is 0.0302. The van der Waals surface area contributed by atoms with Crippen LogP contribution in [0.2, 0.25) is 0 Å². The Kier molecular flexibility index (Phi) is 4.65. The maximum atomic E-state index is 13.6. The van der Waals surface area contributed by atoms with E-state index in [2.05, 4.69) is 24.3 Å². The number of benzene rings is 1. The number of carbonyl (C=O) groups excluding carboxylic acids is 1. The van der Waals surface area contributed by atoms with Gasteiger partial charge in [-0.2, -0.15) is 0 Å². The molecule has 2 aromatic heterocycles. The average molecular weight is 393 g/mol. The molecule has 5 rings (SSSR count). The number of rotatable bonds is 2. The van der Waals surface area contributed by atoms with E-state index in [0.29, 0.717) is 26.3 Å². The Morgan fingerprint density at radius 3 is 2.64 bits per heavy atom. The fourth-order valence-electron chi connectivity index (χ4n) is 4.48. The van der Waals surface area contributed by atoms with Gasteiger partial charge in [0.25, 0.3) is 5.91 Å². The van der Waals surface area contributed by atoms with Gasteiger partial charge in [0.15, 0.2) is 0 Å². The zero-order chi connectivity index (χ0) is 19.1. The van der Waals surface area contributed by atoms with E-state index in [0.717, 1.165) is 40.1 Å². The fraction of sp³-hybridized carbons (Fsp3) is 0.391. The number of morpholine rings is 1.